The Kier molecular flexibility index (Phi) is 5.86. The van der Waals surface area contributed by atoms with Crippen LogP contribution in [0.5, 0.6) is 5.75 Å². The number of carboxylic acids is 1. The first kappa shape index (κ1) is 22.1. The summed E-state index contributed by atoms with van der Waals surface area (Å²) < 4.78 is 22.5. The maximum atomic E-state index is 15.2. The van der Waals surface area contributed by atoms with Crippen molar-refractivity contribution in [3.63, 3.8) is 0 Å². The number of anilines is 2. The fraction of sp³-hybridized carbons (Fsp3) is 0.273. The van der Waals surface area contributed by atoms with Crippen LogP contribution >= 0.6 is 0 Å². The Morgan fingerprint density at radius 3 is 2.85 bits per heavy atom. The Morgan fingerprint density at radius 2 is 2.15 bits per heavy atom. The first-order valence-corrected chi connectivity index (χ1v) is 10.3. The summed E-state index contributed by atoms with van der Waals surface area (Å²) in [6.07, 6.45) is 3.21. The monoisotopic (exact) mass is 455 g/mol. The number of aromatic carboxylic acids is 1. The fourth-order valence-electron chi connectivity index (χ4n) is 3.75. The van der Waals surface area contributed by atoms with E-state index in [1.807, 2.05) is 0 Å². The average molecular weight is 455 g/mol. The first-order valence-electron chi connectivity index (χ1n) is 10.3. The van der Waals surface area contributed by atoms with Crippen molar-refractivity contribution in [1.82, 2.24) is 14.9 Å². The predicted molar refractivity (Wildman–Crippen MR) is 119 cm³/mol. The van der Waals surface area contributed by atoms with Gasteiger partial charge in [-0.3, -0.25) is 14.6 Å². The number of carboxylic acid groups (broad SMARTS) is 1. The van der Waals surface area contributed by atoms with Crippen LogP contribution in [0.4, 0.5) is 15.8 Å². The first-order chi connectivity index (χ1) is 15.8. The summed E-state index contributed by atoms with van der Waals surface area (Å²) in [4.78, 5) is 40.3. The molecule has 172 valence electrons. The van der Waals surface area contributed by atoms with Gasteiger partial charge in [0.25, 0.3) is 5.91 Å². The Hall–Kier alpha value is -4.15. The van der Waals surface area contributed by atoms with E-state index in [4.69, 9.17) is 10.5 Å². The number of hydrogen-bond acceptors (Lipinski definition) is 7. The number of nitrogens with one attached hydrogen (secondary N) is 2. The lowest BCUT2D eigenvalue weighted by atomic mass is 10.0. The SMILES string of the molecule is C[C@H]1COc2c(NCCCNC(=O)c3ccccn3)c(F)c(N)c3c(=O)c(C(=O)O)cn1c23. The summed E-state index contributed by atoms with van der Waals surface area (Å²) in [5.74, 6) is -2.53. The molecule has 3 aromatic rings. The second kappa shape index (κ2) is 8.77. The van der Waals surface area contributed by atoms with Crippen LogP contribution in [0.15, 0.2) is 35.4 Å². The van der Waals surface area contributed by atoms with Crippen molar-refractivity contribution in [3.05, 3.63) is 57.9 Å². The third-order valence-electron chi connectivity index (χ3n) is 5.41. The molecular weight excluding hydrogens is 433 g/mol. The number of carbonyl (C=O) groups is 2. The fourth-order valence-corrected chi connectivity index (χ4v) is 3.75. The number of pyridine rings is 2. The van der Waals surface area contributed by atoms with Crippen molar-refractivity contribution in [2.45, 2.75) is 19.4 Å². The highest BCUT2D eigenvalue weighted by Crippen LogP contribution is 2.43. The van der Waals surface area contributed by atoms with Gasteiger partial charge < -0.3 is 30.8 Å². The van der Waals surface area contributed by atoms with Gasteiger partial charge in [-0.2, -0.15) is 0 Å². The number of nitrogens with two attached hydrogens (primary N) is 1. The number of amides is 1. The molecule has 0 unspecified atom stereocenters. The quantitative estimate of drug-likeness (QED) is 0.312. The normalized spacial score (nSPS) is 14.5. The molecule has 3 heterocycles. The molecule has 1 aromatic carbocycles. The van der Waals surface area contributed by atoms with Crippen LogP contribution < -0.4 is 26.5 Å². The molecule has 0 saturated heterocycles. The number of hydrogen-bond donors (Lipinski definition) is 4. The molecule has 5 N–H and O–H groups in total. The third-order valence-corrected chi connectivity index (χ3v) is 5.41. The van der Waals surface area contributed by atoms with Gasteiger partial charge in [-0.05, 0) is 25.5 Å². The maximum absolute atomic E-state index is 15.2. The zero-order chi connectivity index (χ0) is 23.7. The van der Waals surface area contributed by atoms with Gasteiger partial charge in [-0.1, -0.05) is 6.07 Å². The number of ether oxygens (including phenoxy) is 1. The van der Waals surface area contributed by atoms with E-state index in [1.54, 1.807) is 29.7 Å². The van der Waals surface area contributed by atoms with E-state index >= 15 is 4.39 Å². The minimum Gasteiger partial charge on any atom is -0.487 e. The van der Waals surface area contributed by atoms with Gasteiger partial charge in [0.15, 0.2) is 11.6 Å². The average Bonchev–Trinajstić information content (AvgIpc) is 2.80. The van der Waals surface area contributed by atoms with Crippen LogP contribution in [0, 0.1) is 5.82 Å². The van der Waals surface area contributed by atoms with Crippen LogP contribution in [0.3, 0.4) is 0 Å². The topological polar surface area (TPSA) is 149 Å². The zero-order valence-electron chi connectivity index (χ0n) is 17.7. The molecule has 10 nitrogen and oxygen atoms in total. The summed E-state index contributed by atoms with van der Waals surface area (Å²) in [5, 5.41) is 14.8. The number of aromatic nitrogens is 2. The predicted octanol–water partition coefficient (Wildman–Crippen LogP) is 2.00. The Morgan fingerprint density at radius 1 is 1.36 bits per heavy atom. The maximum Gasteiger partial charge on any atom is 0.341 e. The number of benzene rings is 1. The summed E-state index contributed by atoms with van der Waals surface area (Å²) in [6.45, 7) is 2.53. The van der Waals surface area contributed by atoms with Gasteiger partial charge in [0.1, 0.15) is 23.6 Å². The summed E-state index contributed by atoms with van der Waals surface area (Å²) in [5.41, 5.74) is 4.67. The minimum atomic E-state index is -1.42. The minimum absolute atomic E-state index is 0.0147. The molecule has 2 aromatic heterocycles. The van der Waals surface area contributed by atoms with Gasteiger partial charge in [0.05, 0.1) is 22.6 Å². The molecule has 1 amide bonds. The van der Waals surface area contributed by atoms with Crippen molar-refractivity contribution >= 4 is 34.2 Å². The third kappa shape index (κ3) is 3.93. The number of nitrogens with zero attached hydrogens (tertiary/aromatic N) is 2. The molecule has 1 aliphatic rings. The van der Waals surface area contributed by atoms with Gasteiger partial charge in [-0.25, -0.2) is 9.18 Å². The molecule has 0 saturated carbocycles. The van der Waals surface area contributed by atoms with Gasteiger partial charge in [0.2, 0.25) is 5.43 Å². The van der Waals surface area contributed by atoms with E-state index in [2.05, 4.69) is 15.6 Å². The van der Waals surface area contributed by atoms with E-state index in [-0.39, 0.29) is 47.4 Å². The molecule has 0 spiro atoms. The van der Waals surface area contributed by atoms with Crippen molar-refractivity contribution < 1.29 is 23.8 Å². The zero-order valence-corrected chi connectivity index (χ0v) is 17.7. The van der Waals surface area contributed by atoms with E-state index in [9.17, 15) is 19.5 Å². The van der Waals surface area contributed by atoms with E-state index in [0.29, 0.717) is 18.7 Å². The van der Waals surface area contributed by atoms with E-state index < -0.39 is 28.5 Å². The van der Waals surface area contributed by atoms with Crippen LogP contribution in [-0.2, 0) is 0 Å². The molecule has 0 aliphatic carbocycles. The molecular formula is C22H22FN5O5. The molecule has 0 bridgehead atoms. The highest BCUT2D eigenvalue weighted by Gasteiger charge is 2.30. The lowest BCUT2D eigenvalue weighted by molar-refractivity contribution is 0.0694. The smallest absolute Gasteiger partial charge is 0.341 e. The lowest BCUT2D eigenvalue weighted by Gasteiger charge is -2.29. The Bertz CT molecular complexity index is 1310. The van der Waals surface area contributed by atoms with E-state index in [0.717, 1.165) is 0 Å². The summed E-state index contributed by atoms with van der Waals surface area (Å²) in [6, 6.07) is 4.72. The van der Waals surface area contributed by atoms with Gasteiger partial charge in [0, 0.05) is 25.5 Å². The molecule has 4 rings (SSSR count). The second-order valence-electron chi connectivity index (χ2n) is 7.65. The Balaban J connectivity index is 1.58. The summed E-state index contributed by atoms with van der Waals surface area (Å²) >= 11 is 0. The van der Waals surface area contributed by atoms with E-state index in [1.165, 1.54) is 12.4 Å². The molecule has 11 heteroatoms. The second-order valence-corrected chi connectivity index (χ2v) is 7.65. The van der Waals surface area contributed by atoms with Crippen molar-refractivity contribution in [2.24, 2.45) is 0 Å². The highest BCUT2D eigenvalue weighted by atomic mass is 19.1. The van der Waals surface area contributed by atoms with Crippen molar-refractivity contribution in [3.8, 4) is 5.75 Å². The van der Waals surface area contributed by atoms with Crippen molar-refractivity contribution in [2.75, 3.05) is 30.7 Å². The lowest BCUT2D eigenvalue weighted by Crippen LogP contribution is -2.28. The highest BCUT2D eigenvalue weighted by molar-refractivity contribution is 6.03. The molecule has 0 fully saturated rings. The summed E-state index contributed by atoms with van der Waals surface area (Å²) in [7, 11) is 0. The van der Waals surface area contributed by atoms with Crippen LogP contribution in [-0.4, -0.2) is 46.2 Å². The molecule has 33 heavy (non-hydrogen) atoms. The Labute approximate surface area is 187 Å². The standard InChI is InChI=1S/C22H22FN5O5/c1-11-10-33-20-17(26-7-4-8-27-21(30)13-5-2-3-6-25-13)15(23)16(24)14-18(20)28(11)9-12(19(14)29)22(31)32/h2-3,5-6,9,11,26H,4,7-8,10,24H2,1H3,(H,27,30)(H,31,32)/t11-/m0/s1. The van der Waals surface area contributed by atoms with Gasteiger partial charge in [-0.15, -0.1) is 0 Å². The largest absolute Gasteiger partial charge is 0.487 e. The van der Waals surface area contributed by atoms with Gasteiger partial charge >= 0.3 is 5.97 Å². The van der Waals surface area contributed by atoms with Crippen molar-refractivity contribution in [1.29, 1.82) is 0 Å². The van der Waals surface area contributed by atoms with Crippen LogP contribution in [0.25, 0.3) is 10.9 Å². The number of carbonyl (C=O) groups excluding carboxylic acids is 1. The molecule has 1 atom stereocenters. The van der Waals surface area contributed by atoms with Crippen LogP contribution in [0.1, 0.15) is 40.2 Å². The number of rotatable bonds is 7. The number of halogens is 1. The number of nitrogen functional groups attached to an aromatic ring is 1. The molecule has 0 radical (unpaired) electrons. The molecule has 1 aliphatic heterocycles. The van der Waals surface area contributed by atoms with Crippen LogP contribution in [0.2, 0.25) is 0 Å².